The van der Waals surface area contributed by atoms with Crippen LogP contribution in [-0.4, -0.2) is 11.2 Å². The van der Waals surface area contributed by atoms with Crippen LogP contribution in [0.25, 0.3) is 0 Å². The molecule has 4 heteroatoms. The highest BCUT2D eigenvalue weighted by Gasteiger charge is 2.16. The summed E-state index contributed by atoms with van der Waals surface area (Å²) in [5.74, 6) is 0. The summed E-state index contributed by atoms with van der Waals surface area (Å²) < 4.78 is 1.93. The Morgan fingerprint density at radius 1 is 1.27 bits per heavy atom. The van der Waals surface area contributed by atoms with E-state index in [0.717, 1.165) is 27.4 Å². The third-order valence-corrected chi connectivity index (χ3v) is 3.18. The first kappa shape index (κ1) is 13.2. The van der Waals surface area contributed by atoms with Crippen LogP contribution in [0.1, 0.15) is 31.4 Å². The van der Waals surface area contributed by atoms with Crippen LogP contribution in [0.5, 0.6) is 0 Å². The van der Waals surface area contributed by atoms with E-state index in [1.54, 1.807) is 0 Å². The lowest BCUT2D eigenvalue weighted by Crippen LogP contribution is -2.25. The quantitative estimate of drug-likeness (QED) is 0.885. The second-order valence-electron chi connectivity index (χ2n) is 3.58. The van der Waals surface area contributed by atoms with Crippen molar-refractivity contribution in [3.63, 3.8) is 0 Å². The number of aliphatic hydroxyl groups is 1. The van der Waals surface area contributed by atoms with Gasteiger partial charge in [0.15, 0.2) is 0 Å². The van der Waals surface area contributed by atoms with Gasteiger partial charge in [-0.05, 0) is 30.2 Å². The van der Waals surface area contributed by atoms with Gasteiger partial charge in [0.25, 0.3) is 0 Å². The third kappa shape index (κ3) is 3.87. The van der Waals surface area contributed by atoms with Crippen LogP contribution in [0.15, 0.2) is 27.1 Å². The summed E-state index contributed by atoms with van der Waals surface area (Å²) in [6.45, 7) is 2.03. The maximum Gasteiger partial charge on any atom is 0.0732 e. The van der Waals surface area contributed by atoms with Gasteiger partial charge in [-0.3, -0.25) is 0 Å². The monoisotopic (exact) mass is 335 g/mol. The highest BCUT2D eigenvalue weighted by atomic mass is 79.9. The van der Waals surface area contributed by atoms with Gasteiger partial charge in [-0.25, -0.2) is 0 Å². The van der Waals surface area contributed by atoms with E-state index in [1.807, 2.05) is 25.1 Å². The average molecular weight is 337 g/mol. The fourth-order valence-electron chi connectivity index (χ4n) is 1.47. The largest absolute Gasteiger partial charge is 0.391 e. The molecule has 0 fully saturated rings. The Morgan fingerprint density at radius 3 is 2.27 bits per heavy atom. The zero-order chi connectivity index (χ0) is 11.4. The smallest absolute Gasteiger partial charge is 0.0732 e. The van der Waals surface area contributed by atoms with Crippen molar-refractivity contribution in [1.82, 2.24) is 0 Å². The van der Waals surface area contributed by atoms with Gasteiger partial charge in [-0.15, -0.1) is 0 Å². The lowest BCUT2D eigenvalue weighted by Gasteiger charge is -2.19. The van der Waals surface area contributed by atoms with Gasteiger partial charge >= 0.3 is 0 Å². The van der Waals surface area contributed by atoms with Gasteiger partial charge in [0.2, 0.25) is 0 Å². The van der Waals surface area contributed by atoms with E-state index in [1.165, 1.54) is 0 Å². The minimum atomic E-state index is -0.476. The molecule has 2 nitrogen and oxygen atoms in total. The van der Waals surface area contributed by atoms with E-state index in [-0.39, 0.29) is 6.04 Å². The Balaban J connectivity index is 2.85. The molecule has 0 saturated heterocycles. The molecule has 0 heterocycles. The Kier molecular flexibility index (Phi) is 5.26. The van der Waals surface area contributed by atoms with Crippen molar-refractivity contribution < 1.29 is 5.11 Å². The zero-order valence-corrected chi connectivity index (χ0v) is 11.8. The highest BCUT2D eigenvalue weighted by molar-refractivity contribution is 9.11. The first-order valence-corrected chi connectivity index (χ1v) is 6.52. The Hall–Kier alpha value is 0.1000. The summed E-state index contributed by atoms with van der Waals surface area (Å²) in [5.41, 5.74) is 6.91. The number of halogens is 2. The van der Waals surface area contributed by atoms with Crippen LogP contribution in [0.2, 0.25) is 0 Å². The molecule has 1 aromatic carbocycles. The minimum absolute atomic E-state index is 0.321. The number of nitrogens with two attached hydrogens (primary N) is 1. The maximum absolute atomic E-state index is 9.80. The molecular weight excluding hydrogens is 322 g/mol. The van der Waals surface area contributed by atoms with Gasteiger partial charge < -0.3 is 10.8 Å². The molecule has 0 spiro atoms. The fourth-order valence-corrected chi connectivity index (χ4v) is 2.79. The van der Waals surface area contributed by atoms with E-state index in [9.17, 15) is 5.11 Å². The van der Waals surface area contributed by atoms with Crippen molar-refractivity contribution in [1.29, 1.82) is 0 Å². The Morgan fingerprint density at radius 2 is 1.80 bits per heavy atom. The van der Waals surface area contributed by atoms with Crippen LogP contribution in [0.3, 0.4) is 0 Å². The van der Waals surface area contributed by atoms with E-state index < -0.39 is 6.10 Å². The van der Waals surface area contributed by atoms with E-state index >= 15 is 0 Å². The van der Waals surface area contributed by atoms with Gasteiger partial charge in [0.1, 0.15) is 0 Å². The van der Waals surface area contributed by atoms with Crippen molar-refractivity contribution >= 4 is 31.9 Å². The minimum Gasteiger partial charge on any atom is -0.391 e. The number of benzene rings is 1. The molecule has 0 aliphatic rings. The molecule has 0 aromatic heterocycles. The summed E-state index contributed by atoms with van der Waals surface area (Å²) >= 11 is 6.80. The Labute approximate surface area is 107 Å². The van der Waals surface area contributed by atoms with E-state index in [0.29, 0.717) is 0 Å². The molecule has 0 aliphatic carbocycles. The maximum atomic E-state index is 9.80. The molecule has 0 aliphatic heterocycles. The van der Waals surface area contributed by atoms with E-state index in [2.05, 4.69) is 31.9 Å². The van der Waals surface area contributed by atoms with Crippen molar-refractivity contribution in [3.05, 3.63) is 32.7 Å². The fraction of sp³-hybridized carbons (Fsp3) is 0.455. The summed E-state index contributed by atoms with van der Waals surface area (Å²) in [7, 11) is 0. The topological polar surface area (TPSA) is 46.2 Å². The lowest BCUT2D eigenvalue weighted by atomic mass is 9.99. The van der Waals surface area contributed by atoms with E-state index in [4.69, 9.17) is 5.73 Å². The molecule has 84 valence electrons. The molecular formula is C11H15Br2NO. The van der Waals surface area contributed by atoms with Gasteiger partial charge in [0.05, 0.1) is 12.1 Å². The van der Waals surface area contributed by atoms with Gasteiger partial charge in [-0.1, -0.05) is 45.2 Å². The lowest BCUT2D eigenvalue weighted by molar-refractivity contribution is 0.134. The number of rotatable bonds is 4. The number of hydrogen-bond donors (Lipinski definition) is 2. The molecule has 0 bridgehead atoms. The molecule has 0 amide bonds. The third-order valence-electron chi connectivity index (χ3n) is 2.27. The summed E-state index contributed by atoms with van der Waals surface area (Å²) in [4.78, 5) is 0. The van der Waals surface area contributed by atoms with Crippen molar-refractivity contribution in [2.24, 2.45) is 5.73 Å². The van der Waals surface area contributed by atoms with Gasteiger partial charge in [-0.2, -0.15) is 0 Å². The number of aliphatic hydroxyl groups excluding tert-OH is 1. The van der Waals surface area contributed by atoms with Crippen LogP contribution in [0, 0.1) is 0 Å². The van der Waals surface area contributed by atoms with Gasteiger partial charge in [0, 0.05) is 8.95 Å². The first-order chi connectivity index (χ1) is 7.04. The summed E-state index contributed by atoms with van der Waals surface area (Å²) in [6.07, 6.45) is 1.19. The average Bonchev–Trinajstić information content (AvgIpc) is 2.15. The van der Waals surface area contributed by atoms with Crippen LogP contribution in [0.4, 0.5) is 0 Å². The summed E-state index contributed by atoms with van der Waals surface area (Å²) in [6, 6.07) is 5.50. The SMILES string of the molecule is CCC[C@@H](O)[C@@H](N)c1cc(Br)cc(Br)c1. The highest BCUT2D eigenvalue weighted by Crippen LogP contribution is 2.25. The molecule has 15 heavy (non-hydrogen) atoms. The Bertz CT molecular complexity index is 310. The molecule has 3 N–H and O–H groups in total. The molecule has 1 rings (SSSR count). The molecule has 0 radical (unpaired) electrons. The standard InChI is InChI=1S/C11H15Br2NO/c1-2-3-10(15)11(14)7-4-8(12)6-9(13)5-7/h4-6,10-11,15H,2-3,14H2,1H3/t10-,11+/m1/s1. The molecule has 0 saturated carbocycles. The van der Waals surface area contributed by atoms with Crippen molar-refractivity contribution in [2.75, 3.05) is 0 Å². The first-order valence-electron chi connectivity index (χ1n) is 4.94. The second kappa shape index (κ2) is 5.99. The van der Waals surface area contributed by atoms with Crippen LogP contribution >= 0.6 is 31.9 Å². The predicted molar refractivity (Wildman–Crippen MR) is 69.7 cm³/mol. The van der Waals surface area contributed by atoms with Crippen LogP contribution < -0.4 is 5.73 Å². The zero-order valence-electron chi connectivity index (χ0n) is 8.58. The van der Waals surface area contributed by atoms with Crippen LogP contribution in [-0.2, 0) is 0 Å². The normalized spacial score (nSPS) is 15.0. The second-order valence-corrected chi connectivity index (χ2v) is 5.42. The molecule has 1 aromatic rings. The predicted octanol–water partition coefficient (Wildman–Crippen LogP) is 3.37. The number of hydrogen-bond acceptors (Lipinski definition) is 2. The molecule has 0 unspecified atom stereocenters. The molecule has 2 atom stereocenters. The van der Waals surface area contributed by atoms with Crippen molar-refractivity contribution in [3.8, 4) is 0 Å². The summed E-state index contributed by atoms with van der Waals surface area (Å²) in [5, 5.41) is 9.80. The van der Waals surface area contributed by atoms with Crippen molar-refractivity contribution in [2.45, 2.75) is 31.9 Å².